The zero-order valence-corrected chi connectivity index (χ0v) is 13.9. The van der Waals surface area contributed by atoms with Crippen LogP contribution in [-0.4, -0.2) is 42.3 Å². The van der Waals surface area contributed by atoms with E-state index in [2.05, 4.69) is 4.74 Å². The number of nitrogens with zero attached hydrogens (tertiary/aromatic N) is 2. The van der Waals surface area contributed by atoms with Crippen molar-refractivity contribution in [2.24, 2.45) is 0 Å². The molecule has 0 heterocycles. The van der Waals surface area contributed by atoms with E-state index >= 15 is 0 Å². The van der Waals surface area contributed by atoms with Crippen LogP contribution in [0.1, 0.15) is 22.8 Å². The van der Waals surface area contributed by atoms with Gasteiger partial charge in [0.15, 0.2) is 5.82 Å². The standard InChI is InChI=1S/C15H15F3N2O5/c1-5-25-15(22)8(6-19(3)4)14(21)9-10(16)7(2)11(17)12(18)13(9)20(23)24/h6H,5H2,1-4H3/b8-6-. The maximum Gasteiger partial charge on any atom is 0.343 e. The van der Waals surface area contributed by atoms with Gasteiger partial charge in [-0.2, -0.15) is 4.39 Å². The van der Waals surface area contributed by atoms with Gasteiger partial charge < -0.3 is 9.64 Å². The monoisotopic (exact) mass is 360 g/mol. The molecular formula is C15H15F3N2O5. The van der Waals surface area contributed by atoms with Crippen molar-refractivity contribution in [1.82, 2.24) is 4.90 Å². The fraction of sp³-hybridized carbons (Fsp3) is 0.333. The summed E-state index contributed by atoms with van der Waals surface area (Å²) < 4.78 is 46.5. The van der Waals surface area contributed by atoms with E-state index in [4.69, 9.17) is 0 Å². The second kappa shape index (κ2) is 7.77. The Labute approximate surface area is 140 Å². The maximum atomic E-state index is 14.3. The highest BCUT2D eigenvalue weighted by atomic mass is 19.2. The molecule has 25 heavy (non-hydrogen) atoms. The van der Waals surface area contributed by atoms with Crippen LogP contribution in [0.3, 0.4) is 0 Å². The number of ketones is 1. The lowest BCUT2D eigenvalue weighted by atomic mass is 9.98. The summed E-state index contributed by atoms with van der Waals surface area (Å²) in [5.41, 5.74) is -4.71. The van der Waals surface area contributed by atoms with Gasteiger partial charge in [-0.15, -0.1) is 0 Å². The second-order valence-electron chi connectivity index (χ2n) is 5.10. The molecule has 0 N–H and O–H groups in total. The average Bonchev–Trinajstić information content (AvgIpc) is 2.52. The van der Waals surface area contributed by atoms with E-state index in [1.807, 2.05) is 0 Å². The number of hydrogen-bond donors (Lipinski definition) is 0. The summed E-state index contributed by atoms with van der Waals surface area (Å²) in [4.78, 5) is 35.3. The van der Waals surface area contributed by atoms with E-state index in [1.54, 1.807) is 0 Å². The van der Waals surface area contributed by atoms with E-state index in [1.165, 1.54) is 25.9 Å². The van der Waals surface area contributed by atoms with Gasteiger partial charge in [0.2, 0.25) is 11.6 Å². The van der Waals surface area contributed by atoms with Crippen LogP contribution in [-0.2, 0) is 9.53 Å². The highest BCUT2D eigenvalue weighted by Crippen LogP contribution is 2.32. The summed E-state index contributed by atoms with van der Waals surface area (Å²) in [6.07, 6.45) is 0.945. The van der Waals surface area contributed by atoms with Gasteiger partial charge in [0, 0.05) is 25.9 Å². The predicted octanol–water partition coefficient (Wildman–Crippen LogP) is 2.51. The van der Waals surface area contributed by atoms with Gasteiger partial charge in [0.25, 0.3) is 0 Å². The van der Waals surface area contributed by atoms with Crippen LogP contribution in [0.4, 0.5) is 18.9 Å². The Bertz CT molecular complexity index is 775. The number of nitro benzene ring substituents is 1. The van der Waals surface area contributed by atoms with Gasteiger partial charge in [-0.05, 0) is 13.8 Å². The third-order valence-corrected chi connectivity index (χ3v) is 3.05. The second-order valence-corrected chi connectivity index (χ2v) is 5.10. The van der Waals surface area contributed by atoms with Crippen molar-refractivity contribution >= 4 is 17.4 Å². The number of carbonyl (C=O) groups is 2. The third-order valence-electron chi connectivity index (χ3n) is 3.05. The van der Waals surface area contributed by atoms with Crippen molar-refractivity contribution in [1.29, 1.82) is 0 Å². The third kappa shape index (κ3) is 3.95. The molecule has 0 fully saturated rings. The molecule has 1 aromatic rings. The first-order valence-corrected chi connectivity index (χ1v) is 6.96. The Morgan fingerprint density at radius 2 is 1.76 bits per heavy atom. The SMILES string of the molecule is CCOC(=O)/C(=C\N(C)C)C(=O)c1c(F)c(C)c(F)c(F)c1[N+](=O)[O-]. The van der Waals surface area contributed by atoms with Crippen molar-refractivity contribution in [3.63, 3.8) is 0 Å². The number of hydrogen-bond acceptors (Lipinski definition) is 6. The quantitative estimate of drug-likeness (QED) is 0.113. The minimum atomic E-state index is -1.99. The van der Waals surface area contributed by atoms with Gasteiger partial charge >= 0.3 is 11.7 Å². The number of rotatable bonds is 6. The molecule has 136 valence electrons. The molecule has 0 atom stereocenters. The molecular weight excluding hydrogens is 345 g/mol. The van der Waals surface area contributed by atoms with Crippen molar-refractivity contribution in [2.45, 2.75) is 13.8 Å². The number of Topliss-reactive ketones (excluding diaryl/α,β-unsaturated/α-hetero) is 1. The minimum Gasteiger partial charge on any atom is -0.462 e. The highest BCUT2D eigenvalue weighted by Gasteiger charge is 2.37. The van der Waals surface area contributed by atoms with Gasteiger partial charge in [-0.25, -0.2) is 13.6 Å². The molecule has 0 spiro atoms. The maximum absolute atomic E-state index is 14.3. The lowest BCUT2D eigenvalue weighted by molar-refractivity contribution is -0.388. The molecule has 0 unspecified atom stereocenters. The van der Waals surface area contributed by atoms with E-state index in [0.717, 1.165) is 13.1 Å². The number of benzene rings is 1. The number of esters is 1. The number of halogens is 3. The summed E-state index contributed by atoms with van der Waals surface area (Å²) in [6.45, 7) is 2.13. The normalized spacial score (nSPS) is 11.2. The number of nitro groups is 1. The summed E-state index contributed by atoms with van der Waals surface area (Å²) in [6, 6.07) is 0. The largest absolute Gasteiger partial charge is 0.462 e. The van der Waals surface area contributed by atoms with E-state index in [9.17, 15) is 32.9 Å². The van der Waals surface area contributed by atoms with Crippen molar-refractivity contribution in [2.75, 3.05) is 20.7 Å². The molecule has 0 aromatic heterocycles. The van der Waals surface area contributed by atoms with Crippen LogP contribution < -0.4 is 0 Å². The van der Waals surface area contributed by atoms with Crippen molar-refractivity contribution in [3.05, 3.63) is 50.5 Å². The van der Waals surface area contributed by atoms with Gasteiger partial charge in [0.05, 0.1) is 11.5 Å². The van der Waals surface area contributed by atoms with Crippen molar-refractivity contribution < 1.29 is 32.4 Å². The lowest BCUT2D eigenvalue weighted by Gasteiger charge is -2.12. The first-order valence-electron chi connectivity index (χ1n) is 6.96. The molecule has 0 aliphatic heterocycles. The van der Waals surface area contributed by atoms with Crippen molar-refractivity contribution in [3.8, 4) is 0 Å². The van der Waals surface area contributed by atoms with Crippen LogP contribution in [0, 0.1) is 34.5 Å². The fourth-order valence-corrected chi connectivity index (χ4v) is 1.95. The first kappa shape index (κ1) is 20.1. The topological polar surface area (TPSA) is 89.8 Å². The minimum absolute atomic E-state index is 0.127. The molecule has 0 saturated carbocycles. The fourth-order valence-electron chi connectivity index (χ4n) is 1.95. The molecule has 0 saturated heterocycles. The summed E-state index contributed by atoms with van der Waals surface area (Å²) in [7, 11) is 2.85. The Hall–Kier alpha value is -2.91. The smallest absolute Gasteiger partial charge is 0.343 e. The average molecular weight is 360 g/mol. The van der Waals surface area contributed by atoms with E-state index < -0.39 is 56.5 Å². The van der Waals surface area contributed by atoms with Crippen LogP contribution in [0.15, 0.2) is 11.8 Å². The lowest BCUT2D eigenvalue weighted by Crippen LogP contribution is -2.22. The molecule has 0 amide bonds. The number of carbonyl (C=O) groups excluding carboxylic acids is 2. The van der Waals surface area contributed by atoms with Gasteiger partial charge in [-0.3, -0.25) is 14.9 Å². The summed E-state index contributed by atoms with van der Waals surface area (Å²) >= 11 is 0. The Kier molecular flexibility index (Phi) is 6.26. The van der Waals surface area contributed by atoms with E-state index in [0.29, 0.717) is 0 Å². The molecule has 1 aromatic carbocycles. The molecule has 1 rings (SSSR count). The Morgan fingerprint density at radius 3 is 2.20 bits per heavy atom. The molecule has 0 aliphatic carbocycles. The zero-order chi connectivity index (χ0) is 19.5. The number of ether oxygens (including phenoxy) is 1. The van der Waals surface area contributed by atoms with Gasteiger partial charge in [-0.1, -0.05) is 0 Å². The van der Waals surface area contributed by atoms with Crippen LogP contribution >= 0.6 is 0 Å². The molecule has 10 heteroatoms. The summed E-state index contributed by atoms with van der Waals surface area (Å²) in [5.74, 6) is -8.06. The zero-order valence-electron chi connectivity index (χ0n) is 13.9. The van der Waals surface area contributed by atoms with Crippen LogP contribution in [0.2, 0.25) is 0 Å². The molecule has 0 radical (unpaired) electrons. The summed E-state index contributed by atoms with van der Waals surface area (Å²) in [5, 5.41) is 11.0. The van der Waals surface area contributed by atoms with Crippen LogP contribution in [0.25, 0.3) is 0 Å². The van der Waals surface area contributed by atoms with Crippen LogP contribution in [0.5, 0.6) is 0 Å². The predicted molar refractivity (Wildman–Crippen MR) is 80.4 cm³/mol. The molecule has 0 aliphatic rings. The molecule has 7 nitrogen and oxygen atoms in total. The Morgan fingerprint density at radius 1 is 1.20 bits per heavy atom. The highest BCUT2D eigenvalue weighted by molar-refractivity contribution is 6.25. The van der Waals surface area contributed by atoms with Gasteiger partial charge in [0.1, 0.15) is 17.0 Å². The first-order chi connectivity index (χ1) is 11.5. The molecule has 0 bridgehead atoms. The Balaban J connectivity index is 3.76. The van der Waals surface area contributed by atoms with E-state index in [-0.39, 0.29) is 6.61 Å².